The molecule has 0 rings (SSSR count). The standard InChI is InChI=1S/C3H7N.Pt/c1-2-3-4;/h3-4H,2H2,1H3;/q;+2. The van der Waals surface area contributed by atoms with E-state index in [-0.39, 0.29) is 21.1 Å². The molecule has 5 heavy (non-hydrogen) atoms. The number of nitrogens with one attached hydrogen (secondary N) is 1. The Bertz CT molecular complexity index is 20.9. The van der Waals surface area contributed by atoms with Gasteiger partial charge < -0.3 is 5.41 Å². The van der Waals surface area contributed by atoms with E-state index in [1.165, 1.54) is 6.21 Å². The first-order valence-electron chi connectivity index (χ1n) is 1.40. The maximum Gasteiger partial charge on any atom is 2.00 e. The van der Waals surface area contributed by atoms with Gasteiger partial charge in [0, 0.05) is 0 Å². The van der Waals surface area contributed by atoms with E-state index in [0.29, 0.717) is 0 Å². The summed E-state index contributed by atoms with van der Waals surface area (Å²) in [5, 5.41) is 6.33. The molecule has 2 heteroatoms. The van der Waals surface area contributed by atoms with Crippen molar-refractivity contribution in [3.63, 3.8) is 0 Å². The molecule has 0 aromatic heterocycles. The van der Waals surface area contributed by atoms with E-state index >= 15 is 0 Å². The van der Waals surface area contributed by atoms with Crippen LogP contribution in [0.1, 0.15) is 13.3 Å². The Morgan fingerprint density at radius 3 is 2.00 bits per heavy atom. The third-order valence-electron chi connectivity index (χ3n) is 0.204. The first-order valence-corrected chi connectivity index (χ1v) is 1.40. The molecule has 0 spiro atoms. The van der Waals surface area contributed by atoms with E-state index in [0.717, 1.165) is 6.42 Å². The largest absolute Gasteiger partial charge is 2.00 e. The predicted molar refractivity (Wildman–Crippen MR) is 19.1 cm³/mol. The minimum Gasteiger partial charge on any atom is -0.313 e. The quantitative estimate of drug-likeness (QED) is 0.674. The van der Waals surface area contributed by atoms with Crippen molar-refractivity contribution in [1.29, 1.82) is 5.41 Å². The van der Waals surface area contributed by atoms with Gasteiger partial charge in [-0.3, -0.25) is 0 Å². The molecule has 0 atom stereocenters. The minimum absolute atomic E-state index is 0. The molecule has 1 N–H and O–H groups in total. The first kappa shape index (κ1) is 9.02. The molecule has 0 aliphatic carbocycles. The molecule has 0 aliphatic heterocycles. The molecule has 0 aromatic carbocycles. The van der Waals surface area contributed by atoms with Crippen molar-refractivity contribution < 1.29 is 21.1 Å². The van der Waals surface area contributed by atoms with Crippen LogP contribution in [0.2, 0.25) is 0 Å². The molecule has 0 aliphatic rings. The van der Waals surface area contributed by atoms with Gasteiger partial charge in [-0.05, 0) is 12.6 Å². The third kappa shape index (κ3) is 13.1. The fourth-order valence-electron chi connectivity index (χ4n) is 0. The summed E-state index contributed by atoms with van der Waals surface area (Å²) < 4.78 is 0. The zero-order valence-electron chi connectivity index (χ0n) is 3.10. The smallest absolute Gasteiger partial charge is 0.313 e. The molecule has 0 amide bonds. The van der Waals surface area contributed by atoms with E-state index in [1.54, 1.807) is 0 Å². The van der Waals surface area contributed by atoms with Gasteiger partial charge in [0.2, 0.25) is 0 Å². The molecular weight excluding hydrogens is 245 g/mol. The van der Waals surface area contributed by atoms with Crippen molar-refractivity contribution in [2.45, 2.75) is 13.3 Å². The zero-order chi connectivity index (χ0) is 3.41. The Labute approximate surface area is 46.5 Å². The van der Waals surface area contributed by atoms with Crippen LogP contribution in [0.5, 0.6) is 0 Å². The average molecular weight is 252 g/mol. The molecule has 0 radical (unpaired) electrons. The fraction of sp³-hybridized carbons (Fsp3) is 0.667. The van der Waals surface area contributed by atoms with Crippen molar-refractivity contribution in [2.24, 2.45) is 0 Å². The molecule has 0 aromatic rings. The van der Waals surface area contributed by atoms with Crippen molar-refractivity contribution in [2.75, 3.05) is 0 Å². The van der Waals surface area contributed by atoms with Crippen LogP contribution in [-0.4, -0.2) is 6.21 Å². The van der Waals surface area contributed by atoms with Crippen LogP contribution in [0.3, 0.4) is 0 Å². The Kier molecular flexibility index (Phi) is 16.0. The summed E-state index contributed by atoms with van der Waals surface area (Å²) in [5.74, 6) is 0. The number of rotatable bonds is 1. The number of hydrogen-bond donors (Lipinski definition) is 1. The van der Waals surface area contributed by atoms with Crippen molar-refractivity contribution in [3.8, 4) is 0 Å². The minimum atomic E-state index is 0. The SMILES string of the molecule is CCC=N.[Pt+2]. The van der Waals surface area contributed by atoms with Gasteiger partial charge in [0.1, 0.15) is 0 Å². The second-order valence-electron chi connectivity index (χ2n) is 0.612. The van der Waals surface area contributed by atoms with Gasteiger partial charge in [0.05, 0.1) is 0 Å². The fourth-order valence-corrected chi connectivity index (χ4v) is 0. The maximum absolute atomic E-state index is 6.33. The molecule has 0 unspecified atom stereocenters. The number of hydrogen-bond acceptors (Lipinski definition) is 1. The van der Waals surface area contributed by atoms with Crippen LogP contribution < -0.4 is 0 Å². The van der Waals surface area contributed by atoms with E-state index in [4.69, 9.17) is 5.41 Å². The summed E-state index contributed by atoms with van der Waals surface area (Å²) in [6, 6.07) is 0. The van der Waals surface area contributed by atoms with E-state index in [1.807, 2.05) is 6.92 Å². The maximum atomic E-state index is 6.33. The zero-order valence-corrected chi connectivity index (χ0v) is 5.37. The van der Waals surface area contributed by atoms with Crippen molar-refractivity contribution in [1.82, 2.24) is 0 Å². The van der Waals surface area contributed by atoms with Gasteiger partial charge >= 0.3 is 21.1 Å². The normalized spacial score (nSPS) is 5.00. The predicted octanol–water partition coefficient (Wildman–Crippen LogP) is 1.04. The molecule has 0 saturated heterocycles. The van der Waals surface area contributed by atoms with Crippen LogP contribution in [-0.2, 0) is 21.1 Å². The van der Waals surface area contributed by atoms with E-state index < -0.39 is 0 Å². The molecule has 0 fully saturated rings. The summed E-state index contributed by atoms with van der Waals surface area (Å²) >= 11 is 0. The van der Waals surface area contributed by atoms with Crippen LogP contribution in [0.4, 0.5) is 0 Å². The van der Waals surface area contributed by atoms with Gasteiger partial charge in [-0.25, -0.2) is 0 Å². The molecule has 1 nitrogen and oxygen atoms in total. The molecule has 32 valence electrons. The van der Waals surface area contributed by atoms with Gasteiger partial charge in [0.15, 0.2) is 0 Å². The topological polar surface area (TPSA) is 23.9 Å². The Balaban J connectivity index is 0. The average Bonchev–Trinajstić information content (AvgIpc) is 1.37. The van der Waals surface area contributed by atoms with Crippen LogP contribution in [0.15, 0.2) is 0 Å². The Morgan fingerprint density at radius 2 is 2.00 bits per heavy atom. The summed E-state index contributed by atoms with van der Waals surface area (Å²) in [7, 11) is 0. The molecule has 0 saturated carbocycles. The van der Waals surface area contributed by atoms with Gasteiger partial charge in [-0.15, -0.1) is 0 Å². The van der Waals surface area contributed by atoms with E-state index in [2.05, 4.69) is 0 Å². The monoisotopic (exact) mass is 252 g/mol. The second-order valence-corrected chi connectivity index (χ2v) is 0.612. The van der Waals surface area contributed by atoms with Crippen LogP contribution in [0, 0.1) is 5.41 Å². The first-order chi connectivity index (χ1) is 1.91. The Hall–Kier alpha value is 0.358. The van der Waals surface area contributed by atoms with Crippen molar-refractivity contribution >= 4 is 6.21 Å². The Morgan fingerprint density at radius 1 is 1.80 bits per heavy atom. The van der Waals surface area contributed by atoms with Crippen molar-refractivity contribution in [3.05, 3.63) is 0 Å². The molecule has 0 bridgehead atoms. The van der Waals surface area contributed by atoms with Gasteiger partial charge in [-0.2, -0.15) is 0 Å². The second kappa shape index (κ2) is 8.84. The molecule has 0 heterocycles. The van der Waals surface area contributed by atoms with Gasteiger partial charge in [0.25, 0.3) is 0 Å². The van der Waals surface area contributed by atoms with Crippen LogP contribution in [0.25, 0.3) is 0 Å². The summed E-state index contributed by atoms with van der Waals surface area (Å²) in [4.78, 5) is 0. The molecular formula is C3H7NPt+2. The summed E-state index contributed by atoms with van der Waals surface area (Å²) in [5.41, 5.74) is 0. The van der Waals surface area contributed by atoms with E-state index in [9.17, 15) is 0 Å². The van der Waals surface area contributed by atoms with Crippen LogP contribution >= 0.6 is 0 Å². The third-order valence-corrected chi connectivity index (χ3v) is 0.204. The summed E-state index contributed by atoms with van der Waals surface area (Å²) in [6.07, 6.45) is 2.24. The summed E-state index contributed by atoms with van der Waals surface area (Å²) in [6.45, 7) is 1.94. The van der Waals surface area contributed by atoms with Gasteiger partial charge in [-0.1, -0.05) is 6.92 Å².